The van der Waals surface area contributed by atoms with Crippen LogP contribution in [0, 0.1) is 6.92 Å². The maximum atomic E-state index is 12.6. The van der Waals surface area contributed by atoms with Gasteiger partial charge in [0.25, 0.3) is 11.8 Å². The number of hydrazine groups is 1. The van der Waals surface area contributed by atoms with Gasteiger partial charge in [-0.15, -0.1) is 0 Å². The summed E-state index contributed by atoms with van der Waals surface area (Å²) in [7, 11) is 3.11. The number of rotatable bonds is 4. The summed E-state index contributed by atoms with van der Waals surface area (Å²) in [6, 6.07) is 12.5. The van der Waals surface area contributed by atoms with Crippen LogP contribution in [0.5, 0.6) is 11.5 Å². The molecule has 25 heavy (non-hydrogen) atoms. The van der Waals surface area contributed by atoms with E-state index in [0.717, 1.165) is 5.56 Å². The average Bonchev–Trinajstić information content (AvgIpc) is 2.91. The quantitative estimate of drug-likeness (QED) is 0.687. The number of anilines is 1. The number of amides is 2. The van der Waals surface area contributed by atoms with Crippen LogP contribution in [0.25, 0.3) is 6.08 Å². The van der Waals surface area contributed by atoms with Crippen LogP contribution in [0.2, 0.25) is 0 Å². The fourth-order valence-corrected chi connectivity index (χ4v) is 2.77. The summed E-state index contributed by atoms with van der Waals surface area (Å²) in [5.41, 5.74) is 4.65. The lowest BCUT2D eigenvalue weighted by Gasteiger charge is -2.14. The van der Waals surface area contributed by atoms with Crippen molar-refractivity contribution in [2.45, 2.75) is 6.92 Å². The van der Waals surface area contributed by atoms with Crippen LogP contribution >= 0.6 is 0 Å². The summed E-state index contributed by atoms with van der Waals surface area (Å²) in [5.74, 6) is 0.369. The van der Waals surface area contributed by atoms with Crippen LogP contribution in [0.4, 0.5) is 5.69 Å². The van der Waals surface area contributed by atoms with Crippen LogP contribution in [0.3, 0.4) is 0 Å². The van der Waals surface area contributed by atoms with Gasteiger partial charge in [-0.05, 0) is 37.3 Å². The zero-order chi connectivity index (χ0) is 18.0. The molecule has 0 radical (unpaired) electrons. The Morgan fingerprint density at radius 1 is 1.00 bits per heavy atom. The van der Waals surface area contributed by atoms with E-state index < -0.39 is 11.8 Å². The van der Waals surface area contributed by atoms with Gasteiger partial charge in [0.2, 0.25) is 0 Å². The van der Waals surface area contributed by atoms with Gasteiger partial charge in [-0.3, -0.25) is 15.0 Å². The Hall–Kier alpha value is -3.28. The molecule has 1 heterocycles. The molecule has 0 bridgehead atoms. The van der Waals surface area contributed by atoms with Crippen LogP contribution in [0.15, 0.2) is 48.0 Å². The van der Waals surface area contributed by atoms with Crippen molar-refractivity contribution in [3.63, 3.8) is 0 Å². The van der Waals surface area contributed by atoms with Gasteiger partial charge in [0, 0.05) is 11.1 Å². The van der Waals surface area contributed by atoms with Crippen LogP contribution in [-0.4, -0.2) is 26.0 Å². The standard InChI is InChI=1S/C19H18N2O4/c1-12-16(24-2)10-9-13(17(12)25-3)11-15-18(22)20-21(19(15)23)14-7-5-4-6-8-14/h4-11H,1-3H3,(H,20,22)/b15-11-. The second-order valence-electron chi connectivity index (χ2n) is 5.49. The van der Waals surface area contributed by atoms with Crippen LogP contribution in [0.1, 0.15) is 11.1 Å². The number of methoxy groups -OCH3 is 2. The highest BCUT2D eigenvalue weighted by Gasteiger charge is 2.34. The first-order valence-corrected chi connectivity index (χ1v) is 7.70. The lowest BCUT2D eigenvalue weighted by Crippen LogP contribution is -2.35. The van der Waals surface area contributed by atoms with E-state index in [1.165, 1.54) is 18.2 Å². The fraction of sp³-hybridized carbons (Fsp3) is 0.158. The van der Waals surface area contributed by atoms with Gasteiger partial charge in [0.1, 0.15) is 17.1 Å². The summed E-state index contributed by atoms with van der Waals surface area (Å²) >= 11 is 0. The molecule has 2 amide bonds. The molecule has 0 spiro atoms. The number of carbonyl (C=O) groups is 2. The summed E-state index contributed by atoms with van der Waals surface area (Å²) in [6.45, 7) is 1.85. The third-order valence-corrected chi connectivity index (χ3v) is 4.02. The Balaban J connectivity index is 2.01. The highest BCUT2D eigenvalue weighted by atomic mass is 16.5. The predicted octanol–water partition coefficient (Wildman–Crippen LogP) is 2.47. The molecule has 1 N–H and O–H groups in total. The Bertz CT molecular complexity index is 859. The number of para-hydroxylation sites is 1. The molecule has 128 valence electrons. The maximum Gasteiger partial charge on any atom is 0.282 e. The molecule has 6 nitrogen and oxygen atoms in total. The second-order valence-corrected chi connectivity index (χ2v) is 5.49. The lowest BCUT2D eigenvalue weighted by molar-refractivity contribution is -0.117. The van der Waals surface area contributed by atoms with E-state index in [2.05, 4.69) is 5.43 Å². The topological polar surface area (TPSA) is 67.9 Å². The SMILES string of the molecule is COc1ccc(/C=C2/C(=O)NN(c3ccccc3)C2=O)c(OC)c1C. The van der Waals surface area contributed by atoms with E-state index in [0.29, 0.717) is 22.7 Å². The van der Waals surface area contributed by atoms with E-state index in [-0.39, 0.29) is 5.57 Å². The normalized spacial score (nSPS) is 15.5. The molecule has 0 saturated carbocycles. The van der Waals surface area contributed by atoms with Crippen molar-refractivity contribution in [3.8, 4) is 11.5 Å². The molecular formula is C19H18N2O4. The number of nitrogens with zero attached hydrogens (tertiary/aromatic N) is 1. The average molecular weight is 338 g/mol. The zero-order valence-corrected chi connectivity index (χ0v) is 14.2. The van der Waals surface area contributed by atoms with E-state index in [4.69, 9.17) is 9.47 Å². The first-order valence-electron chi connectivity index (χ1n) is 7.70. The number of hydrogen-bond donors (Lipinski definition) is 1. The predicted molar refractivity (Wildman–Crippen MR) is 94.3 cm³/mol. The third-order valence-electron chi connectivity index (χ3n) is 4.02. The monoisotopic (exact) mass is 338 g/mol. The van der Waals surface area contributed by atoms with Gasteiger partial charge in [-0.1, -0.05) is 18.2 Å². The lowest BCUT2D eigenvalue weighted by atomic mass is 10.0. The molecule has 0 aliphatic carbocycles. The van der Waals surface area contributed by atoms with E-state index >= 15 is 0 Å². The largest absolute Gasteiger partial charge is 0.496 e. The summed E-state index contributed by atoms with van der Waals surface area (Å²) < 4.78 is 10.7. The number of carbonyl (C=O) groups excluding carboxylic acids is 2. The van der Waals surface area contributed by atoms with Gasteiger partial charge in [-0.25, -0.2) is 5.01 Å². The van der Waals surface area contributed by atoms with Gasteiger partial charge in [0.05, 0.1) is 19.9 Å². The molecule has 1 fully saturated rings. The molecule has 2 aromatic rings. The molecule has 3 rings (SSSR count). The van der Waals surface area contributed by atoms with Gasteiger partial charge < -0.3 is 9.47 Å². The Morgan fingerprint density at radius 3 is 2.36 bits per heavy atom. The number of nitrogens with one attached hydrogen (secondary N) is 1. The third kappa shape index (κ3) is 2.94. The second kappa shape index (κ2) is 6.68. The van der Waals surface area contributed by atoms with Crippen LogP contribution < -0.4 is 19.9 Å². The van der Waals surface area contributed by atoms with Crippen molar-refractivity contribution in [3.05, 3.63) is 59.2 Å². The van der Waals surface area contributed by atoms with Crippen LogP contribution in [-0.2, 0) is 9.59 Å². The number of ether oxygens (including phenoxy) is 2. The molecule has 1 aliphatic rings. The summed E-state index contributed by atoms with van der Waals surface area (Å²) in [5, 5.41) is 1.23. The maximum absolute atomic E-state index is 12.6. The minimum atomic E-state index is -0.454. The molecule has 2 aromatic carbocycles. The van der Waals surface area contributed by atoms with E-state index in [1.807, 2.05) is 13.0 Å². The molecule has 0 aromatic heterocycles. The Kier molecular flexibility index (Phi) is 4.43. The van der Waals surface area contributed by atoms with Crippen molar-refractivity contribution in [1.82, 2.24) is 5.43 Å². The summed E-state index contributed by atoms with van der Waals surface area (Å²) in [4.78, 5) is 24.9. The van der Waals surface area contributed by atoms with Gasteiger partial charge in [0.15, 0.2) is 0 Å². The minimum absolute atomic E-state index is 0.0479. The highest BCUT2D eigenvalue weighted by Crippen LogP contribution is 2.33. The highest BCUT2D eigenvalue weighted by molar-refractivity contribution is 6.31. The molecular weight excluding hydrogens is 320 g/mol. The number of benzene rings is 2. The number of hydrogen-bond acceptors (Lipinski definition) is 4. The Morgan fingerprint density at radius 2 is 1.72 bits per heavy atom. The van der Waals surface area contributed by atoms with E-state index in [1.54, 1.807) is 43.5 Å². The molecule has 1 aliphatic heterocycles. The van der Waals surface area contributed by atoms with E-state index in [9.17, 15) is 9.59 Å². The molecule has 1 saturated heterocycles. The molecule has 0 atom stereocenters. The zero-order valence-electron chi connectivity index (χ0n) is 14.2. The van der Waals surface area contributed by atoms with Crippen molar-refractivity contribution in [1.29, 1.82) is 0 Å². The first-order chi connectivity index (χ1) is 12.1. The van der Waals surface area contributed by atoms with Gasteiger partial charge >= 0.3 is 0 Å². The minimum Gasteiger partial charge on any atom is -0.496 e. The first kappa shape index (κ1) is 16.6. The fourth-order valence-electron chi connectivity index (χ4n) is 2.77. The Labute approximate surface area is 145 Å². The molecule has 6 heteroatoms. The summed E-state index contributed by atoms with van der Waals surface area (Å²) in [6.07, 6.45) is 1.53. The van der Waals surface area contributed by atoms with Gasteiger partial charge in [-0.2, -0.15) is 0 Å². The molecule has 0 unspecified atom stereocenters. The smallest absolute Gasteiger partial charge is 0.282 e. The van der Waals surface area contributed by atoms with Crippen molar-refractivity contribution in [2.24, 2.45) is 0 Å². The van der Waals surface area contributed by atoms with Crippen molar-refractivity contribution >= 4 is 23.6 Å². The van der Waals surface area contributed by atoms with Crippen molar-refractivity contribution in [2.75, 3.05) is 19.2 Å². The van der Waals surface area contributed by atoms with Crippen molar-refractivity contribution < 1.29 is 19.1 Å².